The quantitative estimate of drug-likeness (QED) is 0.672. The third-order valence-electron chi connectivity index (χ3n) is 3.51. The minimum atomic E-state index is -0.496. The van der Waals surface area contributed by atoms with Gasteiger partial charge in [0.1, 0.15) is 11.6 Å². The number of halogens is 2. The van der Waals surface area contributed by atoms with Crippen LogP contribution in [0.5, 0.6) is 0 Å². The SMILES string of the molecule is CCN(CC)C(N)=NC1CC1c1c(F)cccc1F. The second kappa shape index (κ2) is 5.55. The summed E-state index contributed by atoms with van der Waals surface area (Å²) >= 11 is 0. The van der Waals surface area contributed by atoms with Crippen molar-refractivity contribution in [2.24, 2.45) is 10.7 Å². The number of aliphatic imine (C=N–C) groups is 1. The fraction of sp³-hybridized carbons (Fsp3) is 0.500. The lowest BCUT2D eigenvalue weighted by Gasteiger charge is -2.19. The average Bonchev–Trinajstić information content (AvgIpc) is 3.09. The number of guanidine groups is 1. The van der Waals surface area contributed by atoms with Crippen molar-refractivity contribution in [3.05, 3.63) is 35.4 Å². The van der Waals surface area contributed by atoms with Crippen molar-refractivity contribution in [3.8, 4) is 0 Å². The van der Waals surface area contributed by atoms with E-state index in [9.17, 15) is 8.78 Å². The van der Waals surface area contributed by atoms with Crippen LogP contribution in [0.15, 0.2) is 23.2 Å². The third-order valence-corrected chi connectivity index (χ3v) is 3.51. The Kier molecular flexibility index (Phi) is 4.02. The Labute approximate surface area is 112 Å². The van der Waals surface area contributed by atoms with E-state index in [0.29, 0.717) is 12.4 Å². The van der Waals surface area contributed by atoms with Gasteiger partial charge in [0.25, 0.3) is 0 Å². The summed E-state index contributed by atoms with van der Waals surface area (Å²) in [5, 5.41) is 0. The van der Waals surface area contributed by atoms with Gasteiger partial charge in [0, 0.05) is 24.6 Å². The Morgan fingerprint density at radius 3 is 2.42 bits per heavy atom. The Morgan fingerprint density at radius 1 is 1.32 bits per heavy atom. The molecule has 0 radical (unpaired) electrons. The van der Waals surface area contributed by atoms with Crippen molar-refractivity contribution in [3.63, 3.8) is 0 Å². The van der Waals surface area contributed by atoms with Gasteiger partial charge in [-0.25, -0.2) is 13.8 Å². The van der Waals surface area contributed by atoms with Crippen molar-refractivity contribution in [2.45, 2.75) is 32.2 Å². The molecule has 5 heteroatoms. The van der Waals surface area contributed by atoms with Gasteiger partial charge in [-0.05, 0) is 32.4 Å². The zero-order valence-corrected chi connectivity index (χ0v) is 11.2. The van der Waals surface area contributed by atoms with Crippen molar-refractivity contribution < 1.29 is 8.78 Å². The first-order chi connectivity index (χ1) is 9.08. The van der Waals surface area contributed by atoms with Crippen molar-refractivity contribution in [1.29, 1.82) is 0 Å². The molecule has 2 N–H and O–H groups in total. The summed E-state index contributed by atoms with van der Waals surface area (Å²) in [7, 11) is 0. The molecule has 0 amide bonds. The second-order valence-corrected chi connectivity index (χ2v) is 4.70. The predicted octanol–water partition coefficient (Wildman–Crippen LogP) is 2.48. The van der Waals surface area contributed by atoms with E-state index in [1.54, 1.807) is 0 Å². The molecule has 2 rings (SSSR count). The molecule has 1 aliphatic carbocycles. The predicted molar refractivity (Wildman–Crippen MR) is 72.0 cm³/mol. The van der Waals surface area contributed by atoms with Gasteiger partial charge in [0.15, 0.2) is 5.96 Å². The number of rotatable bonds is 4. The maximum absolute atomic E-state index is 13.6. The van der Waals surface area contributed by atoms with Crippen molar-refractivity contribution in [1.82, 2.24) is 4.90 Å². The normalized spacial score (nSPS) is 22.4. The van der Waals surface area contributed by atoms with Crippen LogP contribution in [0, 0.1) is 11.6 Å². The number of hydrogen-bond donors (Lipinski definition) is 1. The molecule has 0 spiro atoms. The number of hydrogen-bond acceptors (Lipinski definition) is 1. The zero-order chi connectivity index (χ0) is 14.0. The van der Waals surface area contributed by atoms with Crippen LogP contribution in [0.1, 0.15) is 31.7 Å². The van der Waals surface area contributed by atoms with Crippen LogP contribution >= 0.6 is 0 Å². The first kappa shape index (κ1) is 13.8. The topological polar surface area (TPSA) is 41.6 Å². The molecule has 2 atom stereocenters. The fourth-order valence-corrected chi connectivity index (χ4v) is 2.30. The smallest absolute Gasteiger partial charge is 0.191 e. The molecule has 1 fully saturated rings. The highest BCUT2D eigenvalue weighted by molar-refractivity contribution is 5.78. The summed E-state index contributed by atoms with van der Waals surface area (Å²) in [5.74, 6) is -0.724. The molecule has 0 saturated heterocycles. The van der Waals surface area contributed by atoms with E-state index < -0.39 is 11.6 Å². The highest BCUT2D eigenvalue weighted by Gasteiger charge is 2.42. The largest absolute Gasteiger partial charge is 0.370 e. The minimum absolute atomic E-state index is 0.105. The van der Waals surface area contributed by atoms with E-state index in [1.807, 2.05) is 18.7 Å². The molecule has 0 heterocycles. The van der Waals surface area contributed by atoms with Crippen LogP contribution in [0.25, 0.3) is 0 Å². The van der Waals surface area contributed by atoms with E-state index in [2.05, 4.69) is 4.99 Å². The van der Waals surface area contributed by atoms with Crippen LogP contribution in [0.2, 0.25) is 0 Å². The number of nitrogens with zero attached hydrogens (tertiary/aromatic N) is 2. The molecule has 0 aromatic heterocycles. The molecular weight excluding hydrogens is 248 g/mol. The van der Waals surface area contributed by atoms with Crippen molar-refractivity contribution >= 4 is 5.96 Å². The van der Waals surface area contributed by atoms with Crippen LogP contribution < -0.4 is 5.73 Å². The third kappa shape index (κ3) is 2.85. The molecule has 3 nitrogen and oxygen atoms in total. The minimum Gasteiger partial charge on any atom is -0.370 e. The molecule has 0 aliphatic heterocycles. The summed E-state index contributed by atoms with van der Waals surface area (Å²) in [4.78, 5) is 6.28. The molecule has 1 saturated carbocycles. The summed E-state index contributed by atoms with van der Waals surface area (Å²) in [6.07, 6.45) is 0.653. The second-order valence-electron chi connectivity index (χ2n) is 4.70. The van der Waals surface area contributed by atoms with Gasteiger partial charge in [-0.15, -0.1) is 0 Å². The van der Waals surface area contributed by atoms with Crippen LogP contribution in [0.4, 0.5) is 8.78 Å². The fourth-order valence-electron chi connectivity index (χ4n) is 2.30. The first-order valence-corrected chi connectivity index (χ1v) is 6.60. The Hall–Kier alpha value is -1.65. The molecule has 2 unspecified atom stereocenters. The summed E-state index contributed by atoms with van der Waals surface area (Å²) < 4.78 is 27.2. The van der Waals surface area contributed by atoms with Gasteiger partial charge in [-0.1, -0.05) is 6.07 Å². The maximum atomic E-state index is 13.6. The van der Waals surface area contributed by atoms with E-state index in [1.165, 1.54) is 18.2 Å². The van der Waals surface area contributed by atoms with Gasteiger partial charge in [0.05, 0.1) is 6.04 Å². The van der Waals surface area contributed by atoms with Crippen LogP contribution in [-0.2, 0) is 0 Å². The summed E-state index contributed by atoms with van der Waals surface area (Å²) in [5.41, 5.74) is 6.03. The number of nitrogens with two attached hydrogens (primary N) is 1. The van der Waals surface area contributed by atoms with E-state index >= 15 is 0 Å². The highest BCUT2D eigenvalue weighted by Crippen LogP contribution is 2.45. The Bertz CT molecular complexity index is 463. The maximum Gasteiger partial charge on any atom is 0.191 e. The van der Waals surface area contributed by atoms with Gasteiger partial charge < -0.3 is 10.6 Å². The molecule has 1 aliphatic rings. The summed E-state index contributed by atoms with van der Waals surface area (Å²) in [6, 6.07) is 3.84. The van der Waals surface area contributed by atoms with Crippen LogP contribution in [-0.4, -0.2) is 30.0 Å². The molecular formula is C14H19F2N3. The average molecular weight is 267 g/mol. The van der Waals surface area contributed by atoms with Crippen LogP contribution in [0.3, 0.4) is 0 Å². The molecule has 1 aromatic rings. The van der Waals surface area contributed by atoms with Crippen molar-refractivity contribution in [2.75, 3.05) is 13.1 Å². The Balaban J connectivity index is 2.11. The van der Waals surface area contributed by atoms with E-state index in [-0.39, 0.29) is 17.5 Å². The van der Waals surface area contributed by atoms with E-state index in [0.717, 1.165) is 13.1 Å². The molecule has 1 aromatic carbocycles. The lowest BCUT2D eigenvalue weighted by Crippen LogP contribution is -2.37. The molecule has 104 valence electrons. The first-order valence-electron chi connectivity index (χ1n) is 6.60. The number of benzene rings is 1. The van der Waals surface area contributed by atoms with Gasteiger partial charge in [-0.3, -0.25) is 0 Å². The lowest BCUT2D eigenvalue weighted by atomic mass is 10.1. The van der Waals surface area contributed by atoms with Gasteiger partial charge in [0.2, 0.25) is 0 Å². The molecule has 0 bridgehead atoms. The lowest BCUT2D eigenvalue weighted by molar-refractivity contribution is 0.457. The standard InChI is InChI=1S/C14H19F2N3/c1-3-19(4-2)14(17)18-12-8-9(12)13-10(15)6-5-7-11(13)16/h5-7,9,12H,3-4,8H2,1-2H3,(H2,17,18). The van der Waals surface area contributed by atoms with Gasteiger partial charge >= 0.3 is 0 Å². The zero-order valence-electron chi connectivity index (χ0n) is 11.2. The summed E-state index contributed by atoms with van der Waals surface area (Å²) in [6.45, 7) is 5.54. The Morgan fingerprint density at radius 2 is 1.89 bits per heavy atom. The highest BCUT2D eigenvalue weighted by atomic mass is 19.1. The van der Waals surface area contributed by atoms with Gasteiger partial charge in [-0.2, -0.15) is 0 Å². The monoisotopic (exact) mass is 267 g/mol. The van der Waals surface area contributed by atoms with E-state index in [4.69, 9.17) is 5.73 Å². The molecule has 19 heavy (non-hydrogen) atoms.